The van der Waals surface area contributed by atoms with Crippen molar-refractivity contribution in [3.63, 3.8) is 0 Å². The highest BCUT2D eigenvalue weighted by molar-refractivity contribution is 5.19. The zero-order valence-corrected chi connectivity index (χ0v) is 10.2. The second-order valence-electron chi connectivity index (χ2n) is 3.57. The van der Waals surface area contributed by atoms with Gasteiger partial charge in [0.2, 0.25) is 0 Å². The van der Waals surface area contributed by atoms with Gasteiger partial charge in [-0.15, -0.1) is 0 Å². The summed E-state index contributed by atoms with van der Waals surface area (Å²) in [5, 5.41) is 2.81. The maximum Gasteiger partial charge on any atom is 0.280 e. The average Bonchev–Trinajstić information content (AvgIpc) is 2.30. The fourth-order valence-electron chi connectivity index (χ4n) is 1.47. The molecule has 0 bridgehead atoms. The van der Waals surface area contributed by atoms with Gasteiger partial charge in [-0.25, -0.2) is 18.7 Å². The highest BCUT2D eigenvalue weighted by Gasteiger charge is 2.18. The number of hydrogen-bond acceptors (Lipinski definition) is 4. The Balaban J connectivity index is 3.00. The lowest BCUT2D eigenvalue weighted by atomic mass is 10.2. The summed E-state index contributed by atoms with van der Waals surface area (Å²) in [6, 6.07) is 0. The molecule has 0 aliphatic carbocycles. The lowest BCUT2D eigenvalue weighted by molar-refractivity contribution is 0.0686. The Morgan fingerprint density at radius 2 is 2.18 bits per heavy atom. The van der Waals surface area contributed by atoms with Crippen molar-refractivity contribution < 1.29 is 13.5 Å². The summed E-state index contributed by atoms with van der Waals surface area (Å²) in [4.78, 5) is 7.93. The molecule has 1 unspecified atom stereocenters. The molecule has 17 heavy (non-hydrogen) atoms. The predicted octanol–water partition coefficient (Wildman–Crippen LogP) is 2.23. The molecule has 0 aliphatic heterocycles. The van der Waals surface area contributed by atoms with E-state index in [1.807, 2.05) is 6.92 Å². The number of rotatable bonds is 6. The van der Waals surface area contributed by atoms with Crippen molar-refractivity contribution in [2.24, 2.45) is 0 Å². The number of hydrogen-bond donors (Lipinski definition) is 1. The first-order valence-corrected chi connectivity index (χ1v) is 5.50. The molecule has 0 amide bonds. The zero-order valence-electron chi connectivity index (χ0n) is 10.2. The van der Waals surface area contributed by atoms with Crippen LogP contribution in [-0.2, 0) is 11.3 Å². The molecule has 96 valence electrons. The number of nitrogens with zero attached hydrogens (tertiary/aromatic N) is 2. The summed E-state index contributed by atoms with van der Waals surface area (Å²) in [6.45, 7) is 4.39. The normalized spacial score (nSPS) is 13.1. The third-order valence-corrected chi connectivity index (χ3v) is 2.27. The van der Waals surface area contributed by atoms with Crippen molar-refractivity contribution in [3.8, 4) is 0 Å². The number of nitrogens with one attached hydrogen (secondary N) is 1. The lowest BCUT2D eigenvalue weighted by Crippen LogP contribution is -2.13. The molecule has 0 saturated carbocycles. The van der Waals surface area contributed by atoms with Gasteiger partial charge in [-0.3, -0.25) is 0 Å². The first kappa shape index (κ1) is 13.9. The van der Waals surface area contributed by atoms with Gasteiger partial charge >= 0.3 is 0 Å². The fraction of sp³-hybridized carbons (Fsp3) is 0.636. The van der Waals surface area contributed by atoms with Crippen molar-refractivity contribution in [2.75, 3.05) is 13.7 Å². The standard InChI is InChI=1S/C11H17F2N3O/c1-4-17-7(2)11-15-6-8(5-14-3)9(16-11)10(12)13/h6-7,10,14H,4-5H2,1-3H3. The van der Waals surface area contributed by atoms with Gasteiger partial charge in [-0.05, 0) is 20.9 Å². The van der Waals surface area contributed by atoms with Crippen LogP contribution >= 0.6 is 0 Å². The minimum absolute atomic E-state index is 0.226. The number of alkyl halides is 2. The lowest BCUT2D eigenvalue weighted by Gasteiger charge is -2.13. The molecular formula is C11H17F2N3O. The van der Waals surface area contributed by atoms with Crippen LogP contribution in [0.15, 0.2) is 6.20 Å². The number of ether oxygens (including phenoxy) is 1. The largest absolute Gasteiger partial charge is 0.371 e. The molecule has 1 N–H and O–H groups in total. The summed E-state index contributed by atoms with van der Waals surface area (Å²) < 4.78 is 30.9. The van der Waals surface area contributed by atoms with Gasteiger partial charge in [0, 0.05) is 24.9 Å². The topological polar surface area (TPSA) is 47.0 Å². The van der Waals surface area contributed by atoms with Crippen LogP contribution in [0, 0.1) is 0 Å². The maximum atomic E-state index is 12.8. The van der Waals surface area contributed by atoms with Crippen molar-refractivity contribution in [2.45, 2.75) is 32.9 Å². The molecule has 0 fully saturated rings. The van der Waals surface area contributed by atoms with Crippen molar-refractivity contribution >= 4 is 0 Å². The Labute approximate surface area is 99.4 Å². The van der Waals surface area contributed by atoms with E-state index in [0.717, 1.165) is 0 Å². The summed E-state index contributed by atoms with van der Waals surface area (Å²) in [7, 11) is 1.69. The second-order valence-corrected chi connectivity index (χ2v) is 3.57. The van der Waals surface area contributed by atoms with Crippen LogP contribution in [0.25, 0.3) is 0 Å². The van der Waals surface area contributed by atoms with E-state index in [-0.39, 0.29) is 11.8 Å². The maximum absolute atomic E-state index is 12.8. The monoisotopic (exact) mass is 245 g/mol. The van der Waals surface area contributed by atoms with E-state index in [1.54, 1.807) is 14.0 Å². The molecule has 4 nitrogen and oxygen atoms in total. The van der Waals surface area contributed by atoms with Gasteiger partial charge in [0.1, 0.15) is 11.8 Å². The van der Waals surface area contributed by atoms with E-state index < -0.39 is 6.43 Å². The fourth-order valence-corrected chi connectivity index (χ4v) is 1.47. The van der Waals surface area contributed by atoms with Crippen LogP contribution < -0.4 is 5.32 Å². The van der Waals surface area contributed by atoms with Gasteiger partial charge < -0.3 is 10.1 Å². The quantitative estimate of drug-likeness (QED) is 0.834. The Bertz CT molecular complexity index is 361. The Kier molecular flexibility index (Phi) is 5.37. The highest BCUT2D eigenvalue weighted by atomic mass is 19.3. The molecule has 1 aromatic heterocycles. The van der Waals surface area contributed by atoms with Gasteiger partial charge in [0.05, 0.1) is 0 Å². The van der Waals surface area contributed by atoms with E-state index in [0.29, 0.717) is 24.5 Å². The van der Waals surface area contributed by atoms with Gasteiger partial charge in [0.15, 0.2) is 5.82 Å². The molecule has 6 heteroatoms. The van der Waals surface area contributed by atoms with Gasteiger partial charge in [-0.1, -0.05) is 0 Å². The summed E-state index contributed by atoms with van der Waals surface area (Å²) in [5.41, 5.74) is 0.186. The van der Waals surface area contributed by atoms with Crippen LogP contribution in [-0.4, -0.2) is 23.6 Å². The Morgan fingerprint density at radius 3 is 2.71 bits per heavy atom. The molecule has 0 spiro atoms. The molecule has 0 radical (unpaired) electrons. The third-order valence-electron chi connectivity index (χ3n) is 2.27. The summed E-state index contributed by atoms with van der Waals surface area (Å²) in [6.07, 6.45) is -1.55. The number of aromatic nitrogens is 2. The first-order valence-electron chi connectivity index (χ1n) is 5.50. The Hall–Kier alpha value is -1.14. The Morgan fingerprint density at radius 1 is 1.47 bits per heavy atom. The zero-order chi connectivity index (χ0) is 12.8. The molecule has 1 rings (SSSR count). The first-order chi connectivity index (χ1) is 8.10. The summed E-state index contributed by atoms with van der Waals surface area (Å²) >= 11 is 0. The van der Waals surface area contributed by atoms with Gasteiger partial charge in [-0.2, -0.15) is 0 Å². The van der Waals surface area contributed by atoms with Crippen LogP contribution in [0.4, 0.5) is 8.78 Å². The second kappa shape index (κ2) is 6.56. The molecule has 1 aromatic rings. The van der Waals surface area contributed by atoms with Crippen LogP contribution in [0.5, 0.6) is 0 Å². The highest BCUT2D eigenvalue weighted by Crippen LogP contribution is 2.22. The van der Waals surface area contributed by atoms with Crippen molar-refractivity contribution in [1.29, 1.82) is 0 Å². The van der Waals surface area contributed by atoms with Crippen LogP contribution in [0.1, 0.15) is 43.5 Å². The van der Waals surface area contributed by atoms with E-state index in [2.05, 4.69) is 15.3 Å². The van der Waals surface area contributed by atoms with Crippen molar-refractivity contribution in [3.05, 3.63) is 23.3 Å². The smallest absolute Gasteiger partial charge is 0.280 e. The molecule has 0 saturated heterocycles. The molecular weight excluding hydrogens is 228 g/mol. The molecule has 0 aliphatic rings. The van der Waals surface area contributed by atoms with E-state index >= 15 is 0 Å². The van der Waals surface area contributed by atoms with Gasteiger partial charge in [0.25, 0.3) is 6.43 Å². The van der Waals surface area contributed by atoms with E-state index in [4.69, 9.17) is 4.74 Å². The SMILES string of the molecule is CCOC(C)c1ncc(CNC)c(C(F)F)n1. The number of halogens is 2. The average molecular weight is 245 g/mol. The summed E-state index contributed by atoms with van der Waals surface area (Å²) in [5.74, 6) is 0.294. The minimum Gasteiger partial charge on any atom is -0.371 e. The van der Waals surface area contributed by atoms with Crippen molar-refractivity contribution in [1.82, 2.24) is 15.3 Å². The minimum atomic E-state index is -2.60. The van der Waals surface area contributed by atoms with Crippen LogP contribution in [0.2, 0.25) is 0 Å². The molecule has 1 heterocycles. The van der Waals surface area contributed by atoms with Crippen LogP contribution in [0.3, 0.4) is 0 Å². The van der Waals surface area contributed by atoms with E-state index in [1.165, 1.54) is 6.20 Å². The molecule has 1 atom stereocenters. The molecule has 0 aromatic carbocycles. The predicted molar refractivity (Wildman–Crippen MR) is 59.8 cm³/mol. The third kappa shape index (κ3) is 3.67. The van der Waals surface area contributed by atoms with E-state index in [9.17, 15) is 8.78 Å².